The van der Waals surface area contributed by atoms with Crippen molar-refractivity contribution in [1.82, 2.24) is 9.62 Å². The average molecular weight is 433 g/mol. The van der Waals surface area contributed by atoms with Crippen molar-refractivity contribution in [2.24, 2.45) is 5.92 Å². The number of hydrogen-bond acceptors (Lipinski definition) is 5. The molecule has 1 aliphatic heterocycles. The van der Waals surface area contributed by atoms with E-state index in [0.717, 1.165) is 11.3 Å². The van der Waals surface area contributed by atoms with Gasteiger partial charge in [0.1, 0.15) is 11.5 Å². The van der Waals surface area contributed by atoms with E-state index in [-0.39, 0.29) is 23.3 Å². The number of methoxy groups -OCH3 is 1. The van der Waals surface area contributed by atoms with Gasteiger partial charge < -0.3 is 14.8 Å². The van der Waals surface area contributed by atoms with Crippen LogP contribution in [0.25, 0.3) is 0 Å². The van der Waals surface area contributed by atoms with Gasteiger partial charge in [-0.3, -0.25) is 4.79 Å². The maximum absolute atomic E-state index is 13.0. The van der Waals surface area contributed by atoms with Crippen LogP contribution in [-0.2, 0) is 21.4 Å². The zero-order chi connectivity index (χ0) is 21.6. The van der Waals surface area contributed by atoms with Crippen LogP contribution in [-0.4, -0.2) is 45.4 Å². The number of para-hydroxylation sites is 1. The third-order valence-corrected chi connectivity index (χ3v) is 7.06. The first-order chi connectivity index (χ1) is 14.5. The molecule has 1 N–H and O–H groups in total. The minimum absolute atomic E-state index is 0.143. The van der Waals surface area contributed by atoms with Gasteiger partial charge >= 0.3 is 0 Å². The van der Waals surface area contributed by atoms with Gasteiger partial charge in [-0.2, -0.15) is 4.31 Å². The van der Waals surface area contributed by atoms with Crippen LogP contribution >= 0.6 is 0 Å². The number of amides is 1. The number of benzene rings is 2. The largest absolute Gasteiger partial charge is 0.497 e. The molecule has 0 radical (unpaired) electrons. The van der Waals surface area contributed by atoms with Crippen LogP contribution in [0.2, 0.25) is 0 Å². The predicted molar refractivity (Wildman–Crippen MR) is 114 cm³/mol. The van der Waals surface area contributed by atoms with Gasteiger partial charge in [0.15, 0.2) is 0 Å². The number of piperidine rings is 1. The summed E-state index contributed by atoms with van der Waals surface area (Å²) in [6.45, 7) is 3.39. The van der Waals surface area contributed by atoms with Gasteiger partial charge in [0, 0.05) is 25.2 Å². The molecule has 7 nitrogen and oxygen atoms in total. The Bertz CT molecular complexity index is 960. The lowest BCUT2D eigenvalue weighted by atomic mass is 9.98. The summed E-state index contributed by atoms with van der Waals surface area (Å²) in [6.07, 6.45) is 1.30. The van der Waals surface area contributed by atoms with Crippen molar-refractivity contribution in [3.63, 3.8) is 0 Å². The number of ether oxygens (including phenoxy) is 2. The highest BCUT2D eigenvalue weighted by molar-refractivity contribution is 7.89. The summed E-state index contributed by atoms with van der Waals surface area (Å²) >= 11 is 0. The predicted octanol–water partition coefficient (Wildman–Crippen LogP) is 2.81. The number of carbonyl (C=O) groups is 1. The Kier molecular flexibility index (Phi) is 7.33. The first kappa shape index (κ1) is 22.1. The second kappa shape index (κ2) is 9.95. The summed E-state index contributed by atoms with van der Waals surface area (Å²) in [6, 6.07) is 13.9. The molecule has 0 unspecified atom stereocenters. The molecule has 30 heavy (non-hydrogen) atoms. The molecule has 1 aliphatic rings. The fourth-order valence-corrected chi connectivity index (χ4v) is 5.07. The van der Waals surface area contributed by atoms with E-state index in [4.69, 9.17) is 9.47 Å². The minimum atomic E-state index is -3.66. The average Bonchev–Trinajstić information content (AvgIpc) is 2.78. The molecule has 8 heteroatoms. The fraction of sp³-hybridized carbons (Fsp3) is 0.409. The summed E-state index contributed by atoms with van der Waals surface area (Å²) < 4.78 is 38.1. The van der Waals surface area contributed by atoms with Crippen molar-refractivity contribution >= 4 is 15.9 Å². The number of nitrogens with zero attached hydrogens (tertiary/aromatic N) is 1. The highest BCUT2D eigenvalue weighted by Crippen LogP contribution is 2.25. The Balaban J connectivity index is 1.64. The normalized spacial score (nSPS) is 17.3. The van der Waals surface area contributed by atoms with Crippen LogP contribution in [0.1, 0.15) is 25.3 Å². The van der Waals surface area contributed by atoms with Crippen molar-refractivity contribution in [1.29, 1.82) is 0 Å². The van der Waals surface area contributed by atoms with E-state index >= 15 is 0 Å². The van der Waals surface area contributed by atoms with Gasteiger partial charge in [-0.1, -0.05) is 18.2 Å². The maximum atomic E-state index is 13.0. The van der Waals surface area contributed by atoms with E-state index in [1.54, 1.807) is 12.1 Å². The molecule has 3 rings (SSSR count). The number of nitrogens with one attached hydrogen (secondary N) is 1. The van der Waals surface area contributed by atoms with Gasteiger partial charge in [0.2, 0.25) is 15.9 Å². The summed E-state index contributed by atoms with van der Waals surface area (Å²) in [5, 5.41) is 2.94. The number of hydrogen-bond donors (Lipinski definition) is 1. The molecule has 0 bridgehead atoms. The summed E-state index contributed by atoms with van der Waals surface area (Å²) in [5.41, 5.74) is 0.895. The smallest absolute Gasteiger partial charge is 0.243 e. The Morgan fingerprint density at radius 2 is 1.90 bits per heavy atom. The molecule has 1 heterocycles. The summed E-state index contributed by atoms with van der Waals surface area (Å²) in [5.74, 6) is 0.812. The molecular formula is C22H28N2O5S. The quantitative estimate of drug-likeness (QED) is 0.693. The molecule has 2 aromatic carbocycles. The summed E-state index contributed by atoms with van der Waals surface area (Å²) in [7, 11) is -2.12. The van der Waals surface area contributed by atoms with E-state index in [2.05, 4.69) is 5.32 Å². The summed E-state index contributed by atoms with van der Waals surface area (Å²) in [4.78, 5) is 12.9. The number of sulfonamides is 1. The molecule has 1 fully saturated rings. The van der Waals surface area contributed by atoms with Crippen molar-refractivity contribution < 1.29 is 22.7 Å². The Labute approximate surface area is 178 Å². The van der Waals surface area contributed by atoms with Crippen LogP contribution in [0, 0.1) is 5.92 Å². The highest BCUT2D eigenvalue weighted by atomic mass is 32.2. The lowest BCUT2D eigenvalue weighted by Gasteiger charge is -2.31. The van der Waals surface area contributed by atoms with Crippen LogP contribution in [0.15, 0.2) is 53.4 Å². The van der Waals surface area contributed by atoms with Crippen molar-refractivity contribution in [2.45, 2.75) is 31.2 Å². The van der Waals surface area contributed by atoms with Crippen molar-refractivity contribution in [2.75, 3.05) is 26.8 Å². The van der Waals surface area contributed by atoms with E-state index < -0.39 is 10.0 Å². The van der Waals surface area contributed by atoms with Crippen LogP contribution in [0.4, 0.5) is 0 Å². The second-order valence-corrected chi connectivity index (χ2v) is 9.07. The van der Waals surface area contributed by atoms with Crippen molar-refractivity contribution in [3.8, 4) is 11.5 Å². The molecular weight excluding hydrogens is 404 g/mol. The minimum Gasteiger partial charge on any atom is -0.497 e. The molecule has 162 valence electrons. The lowest BCUT2D eigenvalue weighted by Crippen LogP contribution is -2.45. The Hall–Kier alpha value is -2.58. The zero-order valence-corrected chi connectivity index (χ0v) is 18.2. The lowest BCUT2D eigenvalue weighted by molar-refractivity contribution is -0.126. The monoisotopic (exact) mass is 432 g/mol. The Morgan fingerprint density at radius 3 is 2.60 bits per heavy atom. The maximum Gasteiger partial charge on any atom is 0.243 e. The molecule has 1 amide bonds. The van der Waals surface area contributed by atoms with Crippen molar-refractivity contribution in [3.05, 3.63) is 54.1 Å². The zero-order valence-electron chi connectivity index (χ0n) is 17.3. The highest BCUT2D eigenvalue weighted by Gasteiger charge is 2.33. The van der Waals surface area contributed by atoms with Crippen LogP contribution < -0.4 is 14.8 Å². The SMILES string of the molecule is CCOc1ccccc1CNC(=O)[C@H]1CCCN(S(=O)(=O)c2ccc(OC)cc2)C1. The second-order valence-electron chi connectivity index (χ2n) is 7.14. The van der Waals surface area contributed by atoms with E-state index in [9.17, 15) is 13.2 Å². The number of rotatable bonds is 8. The van der Waals surface area contributed by atoms with E-state index in [0.29, 0.717) is 38.3 Å². The van der Waals surface area contributed by atoms with E-state index in [1.807, 2.05) is 31.2 Å². The molecule has 0 aliphatic carbocycles. The van der Waals surface area contributed by atoms with Crippen LogP contribution in [0.5, 0.6) is 11.5 Å². The van der Waals surface area contributed by atoms with Crippen LogP contribution in [0.3, 0.4) is 0 Å². The first-order valence-corrected chi connectivity index (χ1v) is 11.5. The molecule has 1 saturated heterocycles. The van der Waals surface area contributed by atoms with Gasteiger partial charge in [-0.15, -0.1) is 0 Å². The fourth-order valence-electron chi connectivity index (χ4n) is 3.54. The standard InChI is InChI=1S/C22H28N2O5S/c1-3-29-21-9-5-4-7-17(21)15-23-22(25)18-8-6-14-24(16-18)30(26,27)20-12-10-19(28-2)11-13-20/h4-5,7,9-13,18H,3,6,8,14-16H2,1-2H3,(H,23,25)/t18-/m0/s1. The van der Waals surface area contributed by atoms with Gasteiger partial charge in [0.25, 0.3) is 0 Å². The topological polar surface area (TPSA) is 84.9 Å². The number of carbonyl (C=O) groups excluding carboxylic acids is 1. The Morgan fingerprint density at radius 1 is 1.17 bits per heavy atom. The van der Waals surface area contributed by atoms with Gasteiger partial charge in [0.05, 0.1) is 24.5 Å². The molecule has 1 atom stereocenters. The molecule has 2 aromatic rings. The third-order valence-electron chi connectivity index (χ3n) is 5.18. The molecule has 0 saturated carbocycles. The van der Waals surface area contributed by atoms with Gasteiger partial charge in [-0.05, 0) is 50.1 Å². The van der Waals surface area contributed by atoms with E-state index in [1.165, 1.54) is 23.5 Å². The molecule has 0 spiro atoms. The first-order valence-electron chi connectivity index (χ1n) is 10.1. The third kappa shape index (κ3) is 5.12. The van der Waals surface area contributed by atoms with Gasteiger partial charge in [-0.25, -0.2) is 8.42 Å². The molecule has 0 aromatic heterocycles.